The summed E-state index contributed by atoms with van der Waals surface area (Å²) in [6, 6.07) is 13.7. The van der Waals surface area contributed by atoms with Crippen LogP contribution in [0.5, 0.6) is 0 Å². The SMILES string of the molecule is CC(C(=O)O[C@H]1C[N+]2(CC(=O)Nc3ccccc3)CCC1CC2)(c1cccs1)N1CCCCC1. The topological polar surface area (TPSA) is 58.6 Å². The number of nitrogens with zero attached hydrogens (tertiary/aromatic N) is 2. The number of nitrogens with one attached hydrogen (secondary N) is 1. The number of amides is 1. The normalized spacial score (nSPS) is 28.7. The summed E-state index contributed by atoms with van der Waals surface area (Å²) in [4.78, 5) is 30.1. The Morgan fingerprint density at radius 2 is 1.82 bits per heavy atom. The van der Waals surface area contributed by atoms with E-state index in [1.807, 2.05) is 48.7 Å². The molecule has 2 aromatic rings. The molecule has 4 aliphatic rings. The van der Waals surface area contributed by atoms with Crippen molar-refractivity contribution in [3.63, 3.8) is 0 Å². The molecule has 0 radical (unpaired) electrons. The standard InChI is InChI=1S/C27H35N3O3S/c1-27(24-11-8-18-34-24,29-14-6-3-7-15-29)26(32)33-23-19-30(16-12-21(23)13-17-30)20-25(31)28-22-9-4-2-5-10-22/h2,4-5,8-11,18,21,23H,3,6-7,12-17,19-20H2,1H3/p+1/t21?,23-,27?,30?/m0/s1. The molecule has 182 valence electrons. The molecule has 0 saturated carbocycles. The lowest BCUT2D eigenvalue weighted by molar-refractivity contribution is -0.939. The van der Waals surface area contributed by atoms with Gasteiger partial charge in [-0.3, -0.25) is 9.69 Å². The van der Waals surface area contributed by atoms with Gasteiger partial charge in [0.05, 0.1) is 13.1 Å². The van der Waals surface area contributed by atoms with Crippen molar-refractivity contribution in [2.24, 2.45) is 5.92 Å². The van der Waals surface area contributed by atoms with Crippen molar-refractivity contribution in [2.75, 3.05) is 44.6 Å². The number of benzene rings is 1. The summed E-state index contributed by atoms with van der Waals surface area (Å²) in [5.41, 5.74) is 0.0877. The quantitative estimate of drug-likeness (QED) is 0.474. The molecule has 0 aliphatic carbocycles. The molecule has 4 aliphatic heterocycles. The Kier molecular flexibility index (Phi) is 6.78. The fourth-order valence-corrected chi connectivity index (χ4v) is 7.04. The Labute approximate surface area is 206 Å². The fraction of sp³-hybridized carbons (Fsp3) is 0.556. The number of rotatable bonds is 7. The number of piperidine rings is 4. The van der Waals surface area contributed by atoms with Crippen LogP contribution in [0.2, 0.25) is 0 Å². The molecule has 6 rings (SSSR count). The molecule has 1 unspecified atom stereocenters. The summed E-state index contributed by atoms with van der Waals surface area (Å²) in [7, 11) is 0. The van der Waals surface area contributed by atoms with Gasteiger partial charge in [-0.1, -0.05) is 30.7 Å². The van der Waals surface area contributed by atoms with Gasteiger partial charge in [0.15, 0.2) is 18.2 Å². The van der Waals surface area contributed by atoms with E-state index in [2.05, 4.69) is 16.3 Å². The van der Waals surface area contributed by atoms with Gasteiger partial charge in [-0.2, -0.15) is 0 Å². The zero-order chi connectivity index (χ0) is 23.6. The van der Waals surface area contributed by atoms with Gasteiger partial charge in [-0.05, 0) is 56.4 Å². The molecule has 5 heterocycles. The van der Waals surface area contributed by atoms with Crippen LogP contribution in [-0.2, 0) is 19.9 Å². The molecular formula is C27H36N3O3S+. The lowest BCUT2D eigenvalue weighted by Gasteiger charge is -2.52. The molecule has 6 nitrogen and oxygen atoms in total. The number of carbonyl (C=O) groups excluding carboxylic acids is 2. The summed E-state index contributed by atoms with van der Waals surface area (Å²) >= 11 is 1.64. The number of para-hydroxylation sites is 1. The number of carbonyl (C=O) groups is 2. The van der Waals surface area contributed by atoms with Gasteiger partial charge < -0.3 is 14.5 Å². The smallest absolute Gasteiger partial charge is 0.332 e. The molecule has 1 amide bonds. The zero-order valence-corrected chi connectivity index (χ0v) is 20.9. The predicted octanol–water partition coefficient (Wildman–Crippen LogP) is 4.24. The van der Waals surface area contributed by atoms with Crippen LogP contribution >= 0.6 is 11.3 Å². The average molecular weight is 483 g/mol. The van der Waals surface area contributed by atoms with Crippen molar-refractivity contribution < 1.29 is 18.8 Å². The second-order valence-electron chi connectivity index (χ2n) is 10.4. The summed E-state index contributed by atoms with van der Waals surface area (Å²) in [5, 5.41) is 5.09. The lowest BCUT2D eigenvalue weighted by atomic mass is 9.83. The van der Waals surface area contributed by atoms with Gasteiger partial charge in [-0.15, -0.1) is 11.3 Å². The van der Waals surface area contributed by atoms with Crippen LogP contribution in [0, 0.1) is 5.92 Å². The number of ether oxygens (including phenoxy) is 1. The van der Waals surface area contributed by atoms with E-state index in [9.17, 15) is 9.59 Å². The van der Waals surface area contributed by atoms with E-state index < -0.39 is 5.54 Å². The highest BCUT2D eigenvalue weighted by atomic mass is 32.1. The summed E-state index contributed by atoms with van der Waals surface area (Å²) in [6.45, 7) is 7.04. The number of hydrogen-bond acceptors (Lipinski definition) is 5. The van der Waals surface area contributed by atoms with E-state index in [1.54, 1.807) is 11.3 Å². The summed E-state index contributed by atoms with van der Waals surface area (Å²) in [6.07, 6.45) is 5.37. The van der Waals surface area contributed by atoms with Crippen LogP contribution in [0.1, 0.15) is 43.9 Å². The van der Waals surface area contributed by atoms with Crippen molar-refractivity contribution in [1.29, 1.82) is 0 Å². The second-order valence-corrected chi connectivity index (χ2v) is 11.4. The van der Waals surface area contributed by atoms with Gasteiger partial charge in [0.1, 0.15) is 6.54 Å². The largest absolute Gasteiger partial charge is 0.454 e. The van der Waals surface area contributed by atoms with E-state index >= 15 is 0 Å². The number of thiophene rings is 1. The Hall–Kier alpha value is -2.22. The Bertz CT molecular complexity index is 982. The minimum absolute atomic E-state index is 0.0355. The van der Waals surface area contributed by atoms with Crippen molar-refractivity contribution >= 4 is 28.9 Å². The van der Waals surface area contributed by atoms with Gasteiger partial charge in [0.2, 0.25) is 0 Å². The number of esters is 1. The fourth-order valence-electron chi connectivity index (χ4n) is 6.14. The Morgan fingerprint density at radius 3 is 2.50 bits per heavy atom. The highest BCUT2D eigenvalue weighted by Gasteiger charge is 2.51. The number of anilines is 1. The first-order chi connectivity index (χ1) is 16.5. The maximum absolute atomic E-state index is 13.8. The zero-order valence-electron chi connectivity index (χ0n) is 20.1. The van der Waals surface area contributed by atoms with E-state index in [4.69, 9.17) is 4.74 Å². The minimum Gasteiger partial charge on any atom is -0.454 e. The van der Waals surface area contributed by atoms with E-state index in [0.29, 0.717) is 16.9 Å². The highest BCUT2D eigenvalue weighted by Crippen LogP contribution is 2.39. The third-order valence-corrected chi connectivity index (χ3v) is 9.30. The molecule has 0 spiro atoms. The monoisotopic (exact) mass is 482 g/mol. The number of quaternary nitrogens is 1. The lowest BCUT2D eigenvalue weighted by Crippen LogP contribution is -2.66. The van der Waals surface area contributed by atoms with E-state index in [0.717, 1.165) is 69.0 Å². The van der Waals surface area contributed by atoms with Gasteiger partial charge >= 0.3 is 5.97 Å². The first kappa shape index (κ1) is 23.5. The van der Waals surface area contributed by atoms with Crippen LogP contribution in [0.25, 0.3) is 0 Å². The van der Waals surface area contributed by atoms with Crippen LogP contribution in [0.3, 0.4) is 0 Å². The summed E-state index contributed by atoms with van der Waals surface area (Å²) < 4.78 is 7.09. The highest BCUT2D eigenvalue weighted by molar-refractivity contribution is 7.10. The van der Waals surface area contributed by atoms with E-state index in [-0.39, 0.29) is 18.0 Å². The molecule has 1 aromatic heterocycles. The van der Waals surface area contributed by atoms with Gasteiger partial charge in [-0.25, -0.2) is 4.79 Å². The Balaban J connectivity index is 1.29. The second kappa shape index (κ2) is 9.80. The molecule has 1 N–H and O–H groups in total. The molecule has 7 heteroatoms. The molecule has 1 aromatic carbocycles. The molecular weight excluding hydrogens is 446 g/mol. The average Bonchev–Trinajstić information content (AvgIpc) is 3.40. The predicted molar refractivity (Wildman–Crippen MR) is 134 cm³/mol. The third-order valence-electron chi connectivity index (χ3n) is 8.22. The van der Waals surface area contributed by atoms with Crippen LogP contribution in [0.4, 0.5) is 5.69 Å². The molecule has 34 heavy (non-hydrogen) atoms. The molecule has 4 fully saturated rings. The maximum atomic E-state index is 13.8. The molecule has 2 bridgehead atoms. The minimum atomic E-state index is -0.740. The number of fused-ring (bicyclic) bond motifs is 3. The molecule has 4 saturated heterocycles. The maximum Gasteiger partial charge on any atom is 0.332 e. The Morgan fingerprint density at radius 1 is 1.09 bits per heavy atom. The summed E-state index contributed by atoms with van der Waals surface area (Å²) in [5.74, 6) is 0.311. The number of likely N-dealkylation sites (tertiary alicyclic amines) is 1. The van der Waals surface area contributed by atoms with Crippen molar-refractivity contribution in [2.45, 2.75) is 50.7 Å². The van der Waals surface area contributed by atoms with Crippen LogP contribution < -0.4 is 5.32 Å². The first-order valence-electron chi connectivity index (χ1n) is 12.7. The van der Waals surface area contributed by atoms with Crippen LogP contribution in [-0.4, -0.2) is 66.6 Å². The van der Waals surface area contributed by atoms with E-state index in [1.165, 1.54) is 6.42 Å². The van der Waals surface area contributed by atoms with Gasteiger partial charge in [0, 0.05) is 29.3 Å². The van der Waals surface area contributed by atoms with Crippen molar-refractivity contribution in [1.82, 2.24) is 4.90 Å². The van der Waals surface area contributed by atoms with Crippen molar-refractivity contribution in [3.05, 3.63) is 52.7 Å². The van der Waals surface area contributed by atoms with Gasteiger partial charge in [0.25, 0.3) is 5.91 Å². The molecule has 2 atom stereocenters. The van der Waals surface area contributed by atoms with Crippen molar-refractivity contribution in [3.8, 4) is 0 Å². The first-order valence-corrected chi connectivity index (χ1v) is 13.6. The van der Waals surface area contributed by atoms with Crippen LogP contribution in [0.15, 0.2) is 47.8 Å². The third kappa shape index (κ3) is 4.66. The number of hydrogen-bond donors (Lipinski definition) is 1.